The third-order valence-corrected chi connectivity index (χ3v) is 7.14. The van der Waals surface area contributed by atoms with E-state index in [1.807, 2.05) is 20.8 Å². The first-order chi connectivity index (χ1) is 11.1. The van der Waals surface area contributed by atoms with Gasteiger partial charge in [-0.25, -0.2) is 13.4 Å². The van der Waals surface area contributed by atoms with E-state index in [1.54, 1.807) is 24.9 Å². The number of hydrogen-bond donors (Lipinski definition) is 1. The second kappa shape index (κ2) is 5.75. The molecule has 0 saturated carbocycles. The lowest BCUT2D eigenvalue weighted by atomic mass is 10.1. The van der Waals surface area contributed by atoms with Crippen molar-refractivity contribution in [2.24, 2.45) is 0 Å². The van der Waals surface area contributed by atoms with Gasteiger partial charge < -0.3 is 5.11 Å². The monoisotopic (exact) mass is 368 g/mol. The van der Waals surface area contributed by atoms with E-state index in [4.69, 9.17) is 0 Å². The molecule has 2 aromatic rings. The fourth-order valence-corrected chi connectivity index (χ4v) is 4.82. The smallest absolute Gasteiger partial charge is 0.244 e. The van der Waals surface area contributed by atoms with E-state index in [1.165, 1.54) is 21.3 Å². The number of nitrogens with zero attached hydrogens (tertiary/aromatic N) is 4. The number of aromatic nitrogens is 3. The molecule has 2 aromatic heterocycles. The number of aromatic hydroxyl groups is 1. The van der Waals surface area contributed by atoms with Crippen molar-refractivity contribution in [3.63, 3.8) is 0 Å². The van der Waals surface area contributed by atoms with Crippen molar-refractivity contribution in [2.75, 3.05) is 7.05 Å². The summed E-state index contributed by atoms with van der Waals surface area (Å²) in [5.74, 6) is 1.96. The fraction of sp³-hybridized carbons (Fsp3) is 0.467. The second-order valence-corrected chi connectivity index (χ2v) is 9.60. The largest absolute Gasteiger partial charge is 0.493 e. The summed E-state index contributed by atoms with van der Waals surface area (Å²) in [6, 6.07) is 3.04. The molecule has 1 aliphatic rings. The Balaban J connectivity index is 1.95. The number of hydrogen-bond acceptors (Lipinski definition) is 6. The van der Waals surface area contributed by atoms with Crippen LogP contribution in [0.4, 0.5) is 0 Å². The maximum absolute atomic E-state index is 12.6. The molecule has 0 aliphatic carbocycles. The summed E-state index contributed by atoms with van der Waals surface area (Å²) in [7, 11) is -2.08. The lowest BCUT2D eigenvalue weighted by Crippen LogP contribution is -2.42. The molecule has 9 heteroatoms. The average Bonchev–Trinajstić information content (AvgIpc) is 3.09. The van der Waals surface area contributed by atoms with Crippen molar-refractivity contribution in [3.05, 3.63) is 29.6 Å². The molecule has 1 aliphatic heterocycles. The van der Waals surface area contributed by atoms with Crippen LogP contribution in [-0.2, 0) is 21.5 Å². The molecule has 24 heavy (non-hydrogen) atoms. The summed E-state index contributed by atoms with van der Waals surface area (Å²) in [6.45, 7) is 5.48. The lowest BCUT2D eigenvalue weighted by Gasteiger charge is -2.30. The highest BCUT2D eigenvalue weighted by molar-refractivity contribution is 7.98. The SMILES string of the molecule is CN(C(C)(C)C)S(=O)(=O)c1ccc(-n2nc3c(c2O)CSC3)nc1. The van der Waals surface area contributed by atoms with Gasteiger partial charge in [-0.1, -0.05) is 0 Å². The summed E-state index contributed by atoms with van der Waals surface area (Å²) in [4.78, 5) is 4.29. The molecule has 0 aromatic carbocycles. The van der Waals surface area contributed by atoms with Crippen LogP contribution >= 0.6 is 11.8 Å². The van der Waals surface area contributed by atoms with Crippen LogP contribution in [0.1, 0.15) is 32.0 Å². The van der Waals surface area contributed by atoms with Crippen LogP contribution in [0.5, 0.6) is 5.88 Å². The number of fused-ring (bicyclic) bond motifs is 1. The zero-order valence-electron chi connectivity index (χ0n) is 14.0. The highest BCUT2D eigenvalue weighted by Gasteiger charge is 2.31. The van der Waals surface area contributed by atoms with E-state index in [-0.39, 0.29) is 10.8 Å². The third-order valence-electron chi connectivity index (χ3n) is 4.07. The average molecular weight is 368 g/mol. The minimum atomic E-state index is -3.63. The first-order valence-corrected chi connectivity index (χ1v) is 10.0. The first kappa shape index (κ1) is 17.2. The summed E-state index contributed by atoms with van der Waals surface area (Å²) in [5, 5.41) is 14.6. The van der Waals surface area contributed by atoms with E-state index in [0.717, 1.165) is 22.8 Å². The summed E-state index contributed by atoms with van der Waals surface area (Å²) in [6.07, 6.45) is 1.30. The molecule has 0 spiro atoms. The molecule has 0 unspecified atom stereocenters. The van der Waals surface area contributed by atoms with Gasteiger partial charge in [-0.05, 0) is 32.9 Å². The maximum atomic E-state index is 12.6. The third kappa shape index (κ3) is 2.80. The van der Waals surface area contributed by atoms with Crippen molar-refractivity contribution in [3.8, 4) is 11.7 Å². The number of pyridine rings is 1. The predicted molar refractivity (Wildman–Crippen MR) is 92.7 cm³/mol. The zero-order valence-corrected chi connectivity index (χ0v) is 15.6. The predicted octanol–water partition coefficient (Wildman–Crippen LogP) is 2.14. The van der Waals surface area contributed by atoms with Crippen LogP contribution in [0.2, 0.25) is 0 Å². The molecular weight excluding hydrogens is 348 g/mol. The molecule has 0 atom stereocenters. The molecule has 0 radical (unpaired) electrons. The Morgan fingerprint density at radius 3 is 2.54 bits per heavy atom. The zero-order chi connectivity index (χ0) is 17.7. The maximum Gasteiger partial charge on any atom is 0.244 e. The molecule has 0 bridgehead atoms. The van der Waals surface area contributed by atoms with Crippen molar-refractivity contribution < 1.29 is 13.5 Å². The van der Waals surface area contributed by atoms with Crippen LogP contribution in [-0.4, -0.2) is 45.2 Å². The van der Waals surface area contributed by atoms with Gasteiger partial charge in [0.15, 0.2) is 5.82 Å². The van der Waals surface area contributed by atoms with Gasteiger partial charge in [0.25, 0.3) is 0 Å². The standard InChI is InChI=1S/C15H20N4O3S2/c1-15(2,3)18(4)24(21,22)10-5-6-13(16-7-10)19-14(20)11-8-23-9-12(11)17-19/h5-7,20H,8-9H2,1-4H3. The Hall–Kier alpha value is -1.58. The molecule has 7 nitrogen and oxygen atoms in total. The minimum absolute atomic E-state index is 0.0740. The number of rotatable bonds is 3. The van der Waals surface area contributed by atoms with E-state index in [9.17, 15) is 13.5 Å². The second-order valence-electron chi connectivity index (χ2n) is 6.65. The highest BCUT2D eigenvalue weighted by atomic mass is 32.2. The van der Waals surface area contributed by atoms with Crippen LogP contribution in [0.25, 0.3) is 5.82 Å². The summed E-state index contributed by atoms with van der Waals surface area (Å²) in [5.41, 5.74) is 1.14. The molecule has 1 N–H and O–H groups in total. The molecular formula is C15H20N4O3S2. The fourth-order valence-electron chi connectivity index (χ4n) is 2.33. The molecule has 0 saturated heterocycles. The van der Waals surface area contributed by atoms with Gasteiger partial charge in [-0.3, -0.25) is 0 Å². The van der Waals surface area contributed by atoms with Crippen LogP contribution in [0.15, 0.2) is 23.2 Å². The molecule has 3 rings (SSSR count). The Kier molecular flexibility index (Phi) is 4.13. The lowest BCUT2D eigenvalue weighted by molar-refractivity contribution is 0.291. The molecule has 0 amide bonds. The van der Waals surface area contributed by atoms with Gasteiger partial charge in [-0.2, -0.15) is 25.8 Å². The van der Waals surface area contributed by atoms with Gasteiger partial charge in [0, 0.05) is 35.9 Å². The van der Waals surface area contributed by atoms with Crippen LogP contribution in [0, 0.1) is 0 Å². The molecule has 0 fully saturated rings. The normalized spacial score (nSPS) is 15.0. The van der Waals surface area contributed by atoms with Crippen molar-refractivity contribution >= 4 is 21.8 Å². The van der Waals surface area contributed by atoms with E-state index >= 15 is 0 Å². The number of thioether (sulfide) groups is 1. The topological polar surface area (TPSA) is 88.3 Å². The van der Waals surface area contributed by atoms with Crippen LogP contribution in [0.3, 0.4) is 0 Å². The Bertz CT molecular complexity index is 867. The minimum Gasteiger partial charge on any atom is -0.493 e. The van der Waals surface area contributed by atoms with Crippen LogP contribution < -0.4 is 0 Å². The molecule has 130 valence electrons. The van der Waals surface area contributed by atoms with Crippen molar-refractivity contribution in [1.82, 2.24) is 19.1 Å². The first-order valence-electron chi connectivity index (χ1n) is 7.45. The number of sulfonamides is 1. The highest BCUT2D eigenvalue weighted by Crippen LogP contribution is 2.36. The van der Waals surface area contributed by atoms with Gasteiger partial charge in [-0.15, -0.1) is 0 Å². The van der Waals surface area contributed by atoms with Gasteiger partial charge in [0.1, 0.15) is 4.90 Å². The van der Waals surface area contributed by atoms with E-state index in [0.29, 0.717) is 5.82 Å². The quantitative estimate of drug-likeness (QED) is 0.893. The summed E-state index contributed by atoms with van der Waals surface area (Å²) < 4.78 is 27.9. The van der Waals surface area contributed by atoms with Gasteiger partial charge in [0.05, 0.1) is 5.69 Å². The van der Waals surface area contributed by atoms with E-state index < -0.39 is 15.6 Å². The van der Waals surface area contributed by atoms with E-state index in [2.05, 4.69) is 10.1 Å². The Labute approximate surface area is 145 Å². The van der Waals surface area contributed by atoms with Gasteiger partial charge >= 0.3 is 0 Å². The Morgan fingerprint density at radius 2 is 2.00 bits per heavy atom. The van der Waals surface area contributed by atoms with Gasteiger partial charge in [0.2, 0.25) is 15.9 Å². The molecule has 3 heterocycles. The van der Waals surface area contributed by atoms with Crippen molar-refractivity contribution in [1.29, 1.82) is 0 Å². The van der Waals surface area contributed by atoms with Crippen molar-refractivity contribution in [2.45, 2.75) is 42.7 Å². The Morgan fingerprint density at radius 1 is 1.29 bits per heavy atom. The summed E-state index contributed by atoms with van der Waals surface area (Å²) >= 11 is 1.70.